The Morgan fingerprint density at radius 1 is 0.980 bits per heavy atom. The van der Waals surface area contributed by atoms with Crippen molar-refractivity contribution >= 4 is 17.9 Å². The van der Waals surface area contributed by atoms with Crippen LogP contribution in [-0.4, -0.2) is 85.9 Å². The van der Waals surface area contributed by atoms with Crippen molar-refractivity contribution in [2.45, 2.75) is 94.9 Å². The summed E-state index contributed by atoms with van der Waals surface area (Å²) in [6.07, 6.45) is 4.53. The van der Waals surface area contributed by atoms with E-state index in [1.54, 1.807) is 21.0 Å². The van der Waals surface area contributed by atoms with Crippen LogP contribution in [0.2, 0.25) is 0 Å². The highest BCUT2D eigenvalue weighted by molar-refractivity contribution is 5.86. The Morgan fingerprint density at radius 3 is 2.47 bits per heavy atom. The molecule has 11 heteroatoms. The van der Waals surface area contributed by atoms with Crippen LogP contribution in [0, 0.1) is 0 Å². The van der Waals surface area contributed by atoms with Crippen LogP contribution in [0.3, 0.4) is 0 Å². The number of carbonyl (C=O) groups is 3. The topological polar surface area (TPSA) is 130 Å². The number of benzene rings is 2. The lowest BCUT2D eigenvalue weighted by molar-refractivity contribution is -0.179. The number of aliphatic hydroxyl groups is 1. The maximum atomic E-state index is 14.2. The lowest BCUT2D eigenvalue weighted by Gasteiger charge is -2.35. The normalized spacial score (nSPS) is 22.6. The van der Waals surface area contributed by atoms with Gasteiger partial charge in [0, 0.05) is 19.0 Å². The average molecular weight is 680 g/mol. The molecular formula is C38H49NO10. The van der Waals surface area contributed by atoms with Gasteiger partial charge in [-0.1, -0.05) is 30.3 Å². The highest BCUT2D eigenvalue weighted by Crippen LogP contribution is 2.42. The molecule has 2 bridgehead atoms. The number of hydrogen-bond donors (Lipinski definition) is 1. The Morgan fingerprint density at radius 2 is 1.73 bits per heavy atom. The van der Waals surface area contributed by atoms with Crippen LogP contribution in [0.15, 0.2) is 54.3 Å². The number of hydrogen-bond acceptors (Lipinski definition) is 11. The van der Waals surface area contributed by atoms with Gasteiger partial charge in [0.2, 0.25) is 6.79 Å². The first-order valence-electron chi connectivity index (χ1n) is 17.1. The summed E-state index contributed by atoms with van der Waals surface area (Å²) < 4.78 is 34.2. The summed E-state index contributed by atoms with van der Waals surface area (Å²) in [6, 6.07) is 13.3. The SMILES string of the molecule is COC(=O)C[C@](O)(CCCC(C)(C)OC(=O)Cc1ccccc1)C(=O)O[C@@H]1/C(OC)=C\CCCCN2CCc3cc4c(cc3[C@H]1C2)OCO4. The Labute approximate surface area is 288 Å². The third kappa shape index (κ3) is 9.33. The number of fused-ring (bicyclic) bond motifs is 5. The lowest BCUT2D eigenvalue weighted by atomic mass is 9.86. The summed E-state index contributed by atoms with van der Waals surface area (Å²) in [6.45, 7) is 6.01. The molecule has 0 spiro atoms. The number of carbonyl (C=O) groups excluding carboxylic acids is 3. The summed E-state index contributed by atoms with van der Waals surface area (Å²) in [5.41, 5.74) is -0.213. The van der Waals surface area contributed by atoms with Crippen molar-refractivity contribution in [3.05, 3.63) is 71.0 Å². The molecule has 0 saturated carbocycles. The first-order valence-corrected chi connectivity index (χ1v) is 17.1. The van der Waals surface area contributed by atoms with E-state index in [0.29, 0.717) is 30.2 Å². The van der Waals surface area contributed by atoms with E-state index in [1.165, 1.54) is 7.11 Å². The Balaban J connectivity index is 1.37. The van der Waals surface area contributed by atoms with Crippen molar-refractivity contribution in [2.75, 3.05) is 40.6 Å². The van der Waals surface area contributed by atoms with Crippen LogP contribution in [0.1, 0.15) is 81.4 Å². The Kier molecular flexibility index (Phi) is 11.9. The molecule has 3 heterocycles. The minimum atomic E-state index is -2.20. The maximum Gasteiger partial charge on any atom is 0.339 e. The first kappa shape index (κ1) is 36.2. The molecule has 0 aliphatic carbocycles. The smallest absolute Gasteiger partial charge is 0.339 e. The molecule has 3 aliphatic rings. The first-order chi connectivity index (χ1) is 23.5. The third-order valence-electron chi connectivity index (χ3n) is 9.57. The van der Waals surface area contributed by atoms with Crippen molar-refractivity contribution in [3.8, 4) is 11.5 Å². The van der Waals surface area contributed by atoms with Crippen molar-refractivity contribution in [2.24, 2.45) is 0 Å². The number of esters is 3. The van der Waals surface area contributed by atoms with E-state index in [1.807, 2.05) is 48.5 Å². The van der Waals surface area contributed by atoms with E-state index in [9.17, 15) is 19.5 Å². The second-order valence-corrected chi connectivity index (χ2v) is 13.7. The van der Waals surface area contributed by atoms with Gasteiger partial charge in [-0.3, -0.25) is 9.59 Å². The molecule has 5 rings (SSSR count). The molecule has 2 aromatic rings. The number of nitrogens with zero attached hydrogens (tertiary/aromatic N) is 1. The van der Waals surface area contributed by atoms with Gasteiger partial charge < -0.3 is 38.4 Å². The van der Waals surface area contributed by atoms with Gasteiger partial charge in [-0.05, 0) is 100 Å². The zero-order chi connectivity index (χ0) is 35.0. The standard InChI is InChI=1S/C38H49NO10/c1-37(2,49-33(40)20-26-12-7-5-8-13-26)16-11-17-38(43,23-34(41)45-4)36(42)48-35-29-24-39(18-10-6-9-14-30(35)44-3)19-15-27-21-31-32(22-28(27)29)47-25-46-31/h5,7-8,12-14,21-22,29,35,43H,6,9-11,15-20,23-25H2,1-4H3/b30-14+/t29-,35+,38-/m1/s1. The highest BCUT2D eigenvalue weighted by atomic mass is 16.7. The highest BCUT2D eigenvalue weighted by Gasteiger charge is 2.45. The van der Waals surface area contributed by atoms with E-state index in [2.05, 4.69) is 4.90 Å². The second-order valence-electron chi connectivity index (χ2n) is 13.7. The number of allylic oxidation sites excluding steroid dienone is 1. The van der Waals surface area contributed by atoms with E-state index in [4.69, 9.17) is 28.4 Å². The van der Waals surface area contributed by atoms with Crippen molar-refractivity contribution < 1.29 is 47.9 Å². The summed E-state index contributed by atoms with van der Waals surface area (Å²) >= 11 is 0. The molecule has 0 fully saturated rings. The lowest BCUT2D eigenvalue weighted by Crippen LogP contribution is -2.46. The average Bonchev–Trinajstić information content (AvgIpc) is 3.46. The van der Waals surface area contributed by atoms with Gasteiger partial charge in [-0.25, -0.2) is 4.79 Å². The van der Waals surface area contributed by atoms with Crippen LogP contribution in [0.25, 0.3) is 0 Å². The van der Waals surface area contributed by atoms with E-state index >= 15 is 0 Å². The molecule has 11 nitrogen and oxygen atoms in total. The fourth-order valence-corrected chi connectivity index (χ4v) is 6.91. The van der Waals surface area contributed by atoms with Crippen LogP contribution in [-0.2, 0) is 46.2 Å². The summed E-state index contributed by atoms with van der Waals surface area (Å²) in [7, 11) is 2.76. The zero-order valence-corrected chi connectivity index (χ0v) is 29.0. The van der Waals surface area contributed by atoms with Crippen molar-refractivity contribution in [3.63, 3.8) is 0 Å². The van der Waals surface area contributed by atoms with Crippen LogP contribution in [0.4, 0.5) is 0 Å². The fraction of sp³-hybridized carbons (Fsp3) is 0.553. The molecule has 0 amide bonds. The zero-order valence-electron chi connectivity index (χ0n) is 29.0. The van der Waals surface area contributed by atoms with Crippen LogP contribution in [0.5, 0.6) is 11.5 Å². The monoisotopic (exact) mass is 679 g/mol. The van der Waals surface area contributed by atoms with Crippen molar-refractivity contribution in [1.29, 1.82) is 0 Å². The Hall–Kier alpha value is -4.09. The summed E-state index contributed by atoms with van der Waals surface area (Å²) in [5.74, 6) is -0.627. The third-order valence-corrected chi connectivity index (χ3v) is 9.57. The number of ether oxygens (including phenoxy) is 6. The van der Waals surface area contributed by atoms with Crippen LogP contribution >= 0.6 is 0 Å². The predicted octanol–water partition coefficient (Wildman–Crippen LogP) is 5.01. The molecule has 266 valence electrons. The van der Waals surface area contributed by atoms with E-state index < -0.39 is 35.7 Å². The fourth-order valence-electron chi connectivity index (χ4n) is 6.91. The summed E-state index contributed by atoms with van der Waals surface area (Å²) in [5, 5.41) is 11.9. The minimum Gasteiger partial charge on any atom is -0.497 e. The van der Waals surface area contributed by atoms with Gasteiger partial charge in [0.25, 0.3) is 0 Å². The minimum absolute atomic E-state index is 0.120. The van der Waals surface area contributed by atoms with Gasteiger partial charge >= 0.3 is 17.9 Å². The molecule has 1 unspecified atom stereocenters. The largest absolute Gasteiger partial charge is 0.497 e. The number of methoxy groups -OCH3 is 2. The second kappa shape index (κ2) is 16.1. The molecule has 1 N–H and O–H groups in total. The molecule has 49 heavy (non-hydrogen) atoms. The molecular weight excluding hydrogens is 630 g/mol. The van der Waals surface area contributed by atoms with Gasteiger partial charge in [0.05, 0.1) is 27.1 Å². The van der Waals surface area contributed by atoms with E-state index in [0.717, 1.165) is 55.5 Å². The molecule has 3 aliphatic heterocycles. The molecule has 0 saturated heterocycles. The van der Waals surface area contributed by atoms with Crippen LogP contribution < -0.4 is 9.47 Å². The van der Waals surface area contributed by atoms with E-state index in [-0.39, 0.29) is 37.9 Å². The maximum absolute atomic E-state index is 14.2. The van der Waals surface area contributed by atoms with Gasteiger partial charge in [0.1, 0.15) is 11.4 Å². The molecule has 4 atom stereocenters. The predicted molar refractivity (Wildman–Crippen MR) is 180 cm³/mol. The quantitative estimate of drug-likeness (QED) is 0.240. The molecule has 0 radical (unpaired) electrons. The van der Waals surface area contributed by atoms with Gasteiger partial charge in [-0.2, -0.15) is 0 Å². The molecule has 0 aromatic heterocycles. The van der Waals surface area contributed by atoms with Gasteiger partial charge in [0.15, 0.2) is 23.2 Å². The summed E-state index contributed by atoms with van der Waals surface area (Å²) in [4.78, 5) is 41.8. The van der Waals surface area contributed by atoms with Crippen molar-refractivity contribution in [1.82, 2.24) is 4.90 Å². The molecule has 2 aromatic carbocycles. The number of rotatable bonds is 12. The van der Waals surface area contributed by atoms with Gasteiger partial charge in [-0.15, -0.1) is 0 Å². The Bertz CT molecular complexity index is 1510.